The maximum atomic E-state index is 10.7. The molecule has 0 aliphatic carbocycles. The molecule has 0 fully saturated rings. The maximum Gasteiger partial charge on any atom is 0.270 e. The molecule has 2 rings (SSSR count). The van der Waals surface area contributed by atoms with Crippen LogP contribution in [0, 0.1) is 10.1 Å². The first kappa shape index (κ1) is 11.4. The number of fused-ring (bicyclic) bond motifs is 1. The Kier molecular flexibility index (Phi) is 2.49. The lowest BCUT2D eigenvalue weighted by molar-refractivity contribution is -0.384. The first-order valence-corrected chi connectivity index (χ1v) is 5.12. The summed E-state index contributed by atoms with van der Waals surface area (Å²) in [6.07, 6.45) is 0.400. The molecule has 1 aromatic carbocycles. The molecular weight excluding hydrogens is 224 g/mol. The Labute approximate surface area is 97.7 Å². The van der Waals surface area contributed by atoms with E-state index in [9.17, 15) is 10.1 Å². The summed E-state index contributed by atoms with van der Waals surface area (Å²) in [5.41, 5.74) is 0.346. The molecule has 1 N–H and O–H groups in total. The zero-order valence-electron chi connectivity index (χ0n) is 9.51. The van der Waals surface area contributed by atoms with Crippen LogP contribution in [0.2, 0.25) is 0 Å². The molecule has 0 spiro atoms. The van der Waals surface area contributed by atoms with E-state index in [1.54, 1.807) is 0 Å². The Bertz CT molecular complexity index is 508. The van der Waals surface area contributed by atoms with Crippen molar-refractivity contribution in [2.24, 2.45) is 5.16 Å². The van der Waals surface area contributed by atoms with E-state index in [4.69, 9.17) is 9.94 Å². The highest BCUT2D eigenvalue weighted by Crippen LogP contribution is 2.35. The zero-order valence-corrected chi connectivity index (χ0v) is 9.51. The normalized spacial score (nSPS) is 19.5. The molecule has 1 aliphatic heterocycles. The lowest BCUT2D eigenvalue weighted by Crippen LogP contribution is -2.36. The van der Waals surface area contributed by atoms with Crippen LogP contribution in [0.25, 0.3) is 0 Å². The Balaban J connectivity index is 2.54. The number of ether oxygens (including phenoxy) is 1. The van der Waals surface area contributed by atoms with Crippen molar-refractivity contribution >= 4 is 11.4 Å². The fraction of sp³-hybridized carbons (Fsp3) is 0.364. The smallest absolute Gasteiger partial charge is 0.270 e. The van der Waals surface area contributed by atoms with Gasteiger partial charge in [0, 0.05) is 24.1 Å². The Hall–Kier alpha value is -2.11. The van der Waals surface area contributed by atoms with Gasteiger partial charge in [0.2, 0.25) is 0 Å². The fourth-order valence-electron chi connectivity index (χ4n) is 1.87. The minimum atomic E-state index is -0.491. The van der Waals surface area contributed by atoms with E-state index in [0.717, 1.165) is 0 Å². The van der Waals surface area contributed by atoms with Crippen LogP contribution in [0.3, 0.4) is 0 Å². The van der Waals surface area contributed by atoms with Gasteiger partial charge in [-0.1, -0.05) is 5.16 Å². The number of hydrogen-bond donors (Lipinski definition) is 1. The Morgan fingerprint density at radius 3 is 2.82 bits per heavy atom. The third-order valence-electron chi connectivity index (χ3n) is 2.58. The van der Waals surface area contributed by atoms with E-state index in [-0.39, 0.29) is 5.69 Å². The number of hydrogen-bond acceptors (Lipinski definition) is 5. The molecular formula is C11H12N2O4. The molecule has 0 saturated heterocycles. The van der Waals surface area contributed by atoms with Crippen LogP contribution in [0.4, 0.5) is 5.69 Å². The third kappa shape index (κ3) is 2.06. The van der Waals surface area contributed by atoms with Gasteiger partial charge in [-0.15, -0.1) is 0 Å². The predicted octanol–water partition coefficient (Wildman–Crippen LogP) is 2.33. The molecule has 0 unspecified atom stereocenters. The van der Waals surface area contributed by atoms with Gasteiger partial charge in [-0.25, -0.2) is 0 Å². The standard InChI is InChI=1S/C11H12N2O4/c1-11(2)6-9(12-14)8-5-7(13(15)16)3-4-10(8)17-11/h3-5,14H,6H2,1-2H3/b12-9-. The van der Waals surface area contributed by atoms with Gasteiger partial charge in [0.15, 0.2) is 0 Å². The topological polar surface area (TPSA) is 85.0 Å². The van der Waals surface area contributed by atoms with Gasteiger partial charge in [-0.05, 0) is 19.9 Å². The summed E-state index contributed by atoms with van der Waals surface area (Å²) in [5, 5.41) is 22.8. The van der Waals surface area contributed by atoms with Gasteiger partial charge in [-0.2, -0.15) is 0 Å². The largest absolute Gasteiger partial charge is 0.487 e. The van der Waals surface area contributed by atoms with Crippen molar-refractivity contribution in [3.05, 3.63) is 33.9 Å². The van der Waals surface area contributed by atoms with E-state index in [2.05, 4.69) is 5.16 Å². The van der Waals surface area contributed by atoms with E-state index >= 15 is 0 Å². The maximum absolute atomic E-state index is 10.7. The zero-order chi connectivity index (χ0) is 12.6. The lowest BCUT2D eigenvalue weighted by atomic mass is 9.92. The van der Waals surface area contributed by atoms with Crippen LogP contribution >= 0.6 is 0 Å². The van der Waals surface area contributed by atoms with Gasteiger partial charge in [0.05, 0.1) is 10.6 Å². The average molecular weight is 236 g/mol. The van der Waals surface area contributed by atoms with E-state index in [0.29, 0.717) is 23.4 Å². The number of rotatable bonds is 1. The lowest BCUT2D eigenvalue weighted by Gasteiger charge is -2.32. The SMILES string of the molecule is CC1(C)C/C(=N/O)c2cc([N+](=O)[O-])ccc2O1. The fourth-order valence-corrected chi connectivity index (χ4v) is 1.87. The predicted molar refractivity (Wildman–Crippen MR) is 60.7 cm³/mol. The number of nitrogens with zero attached hydrogens (tertiary/aromatic N) is 2. The first-order chi connectivity index (χ1) is 7.93. The minimum absolute atomic E-state index is 0.0480. The molecule has 6 nitrogen and oxygen atoms in total. The average Bonchev–Trinajstić information content (AvgIpc) is 2.26. The first-order valence-electron chi connectivity index (χ1n) is 5.12. The molecule has 0 amide bonds. The van der Waals surface area contributed by atoms with Crippen molar-refractivity contribution in [2.75, 3.05) is 0 Å². The van der Waals surface area contributed by atoms with Crippen LogP contribution in [0.15, 0.2) is 23.4 Å². The highest BCUT2D eigenvalue weighted by atomic mass is 16.6. The molecule has 0 saturated carbocycles. The number of nitro groups is 1. The van der Waals surface area contributed by atoms with Crippen molar-refractivity contribution < 1.29 is 14.9 Å². The molecule has 1 aliphatic rings. The summed E-state index contributed by atoms with van der Waals surface area (Å²) in [6, 6.07) is 4.26. The van der Waals surface area contributed by atoms with Crippen LogP contribution in [0.5, 0.6) is 5.75 Å². The molecule has 0 aromatic heterocycles. The van der Waals surface area contributed by atoms with Gasteiger partial charge < -0.3 is 9.94 Å². The van der Waals surface area contributed by atoms with Crippen LogP contribution in [-0.4, -0.2) is 21.4 Å². The molecule has 1 heterocycles. The quantitative estimate of drug-likeness (QED) is 0.460. The van der Waals surface area contributed by atoms with Crippen molar-refractivity contribution in [3.8, 4) is 5.75 Å². The number of nitro benzene ring substituents is 1. The summed E-state index contributed by atoms with van der Waals surface area (Å²) < 4.78 is 5.67. The second-order valence-corrected chi connectivity index (χ2v) is 4.52. The molecule has 0 atom stereocenters. The molecule has 17 heavy (non-hydrogen) atoms. The molecule has 0 bridgehead atoms. The summed E-state index contributed by atoms with van der Waals surface area (Å²) in [5.74, 6) is 0.500. The summed E-state index contributed by atoms with van der Waals surface area (Å²) in [6.45, 7) is 3.73. The Morgan fingerprint density at radius 2 is 2.24 bits per heavy atom. The van der Waals surface area contributed by atoms with Crippen molar-refractivity contribution in [1.29, 1.82) is 0 Å². The highest BCUT2D eigenvalue weighted by molar-refractivity contribution is 6.04. The monoisotopic (exact) mass is 236 g/mol. The molecule has 90 valence electrons. The van der Waals surface area contributed by atoms with Crippen molar-refractivity contribution in [1.82, 2.24) is 0 Å². The molecule has 1 aromatic rings. The number of oxime groups is 1. The van der Waals surface area contributed by atoms with Crippen molar-refractivity contribution in [2.45, 2.75) is 25.9 Å². The van der Waals surface area contributed by atoms with Gasteiger partial charge in [0.25, 0.3) is 5.69 Å². The van der Waals surface area contributed by atoms with Crippen LogP contribution < -0.4 is 4.74 Å². The summed E-state index contributed by atoms with van der Waals surface area (Å²) >= 11 is 0. The summed E-state index contributed by atoms with van der Waals surface area (Å²) in [4.78, 5) is 10.2. The van der Waals surface area contributed by atoms with Crippen molar-refractivity contribution in [3.63, 3.8) is 0 Å². The molecule has 0 radical (unpaired) electrons. The van der Waals surface area contributed by atoms with E-state index in [1.807, 2.05) is 13.8 Å². The minimum Gasteiger partial charge on any atom is -0.487 e. The van der Waals surface area contributed by atoms with E-state index in [1.165, 1.54) is 18.2 Å². The number of benzene rings is 1. The Morgan fingerprint density at radius 1 is 1.53 bits per heavy atom. The third-order valence-corrected chi connectivity index (χ3v) is 2.58. The second kappa shape index (κ2) is 3.73. The van der Waals surface area contributed by atoms with E-state index < -0.39 is 10.5 Å². The van der Waals surface area contributed by atoms with Gasteiger partial charge in [0.1, 0.15) is 11.4 Å². The summed E-state index contributed by atoms with van der Waals surface area (Å²) in [7, 11) is 0. The van der Waals surface area contributed by atoms with Crippen LogP contribution in [0.1, 0.15) is 25.8 Å². The highest BCUT2D eigenvalue weighted by Gasteiger charge is 2.32. The van der Waals surface area contributed by atoms with Gasteiger partial charge in [-0.3, -0.25) is 10.1 Å². The number of non-ortho nitro benzene ring substituents is 1. The van der Waals surface area contributed by atoms with Gasteiger partial charge >= 0.3 is 0 Å². The second-order valence-electron chi connectivity index (χ2n) is 4.52. The molecule has 6 heteroatoms. The van der Waals surface area contributed by atoms with Crippen LogP contribution in [-0.2, 0) is 0 Å².